The molecule has 0 amide bonds. The van der Waals surface area contributed by atoms with E-state index in [1.165, 1.54) is 18.2 Å². The third kappa shape index (κ3) is 5.40. The standard InChI is InChI=1S/C20H21Cl2N2O5PS/c1-3-28-30(25,29-4-2)14-24(19-9-5-7-15-8-6-10-23-20(15)19)31(26,27)18-12-16(21)11-17(22)13-18/h5-13H,3-4,14H2,1-2H3. The minimum Gasteiger partial charge on any atom is -0.308 e. The molecule has 0 saturated carbocycles. The maximum atomic E-state index is 13.7. The summed E-state index contributed by atoms with van der Waals surface area (Å²) in [6, 6.07) is 12.6. The Hall–Kier alpha value is -1.67. The summed E-state index contributed by atoms with van der Waals surface area (Å²) in [4.78, 5) is 4.18. The first-order chi connectivity index (χ1) is 14.7. The quantitative estimate of drug-likeness (QED) is 0.335. The van der Waals surface area contributed by atoms with Crippen molar-refractivity contribution in [3.63, 3.8) is 0 Å². The highest BCUT2D eigenvalue weighted by Gasteiger charge is 2.36. The molecule has 31 heavy (non-hydrogen) atoms. The molecule has 1 aromatic heterocycles. The number of hydrogen-bond acceptors (Lipinski definition) is 6. The van der Waals surface area contributed by atoms with E-state index in [9.17, 15) is 13.0 Å². The molecule has 0 aliphatic rings. The monoisotopic (exact) mass is 502 g/mol. The number of sulfonamides is 1. The first-order valence-corrected chi connectivity index (χ1v) is 13.3. The van der Waals surface area contributed by atoms with Crippen molar-refractivity contribution in [2.75, 3.05) is 23.8 Å². The van der Waals surface area contributed by atoms with Crippen molar-refractivity contribution in [2.24, 2.45) is 0 Å². The van der Waals surface area contributed by atoms with Gasteiger partial charge in [0, 0.05) is 21.6 Å². The lowest BCUT2D eigenvalue weighted by Crippen LogP contribution is -2.33. The number of aromatic nitrogens is 1. The lowest BCUT2D eigenvalue weighted by molar-refractivity contribution is 0.221. The van der Waals surface area contributed by atoms with Crippen molar-refractivity contribution < 1.29 is 22.0 Å². The van der Waals surface area contributed by atoms with Crippen LogP contribution >= 0.6 is 30.8 Å². The predicted octanol–water partition coefficient (Wildman–Crippen LogP) is 5.96. The summed E-state index contributed by atoms with van der Waals surface area (Å²) >= 11 is 12.1. The molecular formula is C20H21Cl2N2O5PS. The van der Waals surface area contributed by atoms with Crippen LogP contribution in [0.4, 0.5) is 5.69 Å². The van der Waals surface area contributed by atoms with Gasteiger partial charge in [-0.25, -0.2) is 8.42 Å². The van der Waals surface area contributed by atoms with Crippen molar-refractivity contribution in [1.29, 1.82) is 0 Å². The third-order valence-corrected chi connectivity index (χ3v) is 8.56. The molecule has 11 heteroatoms. The molecule has 3 aromatic rings. The summed E-state index contributed by atoms with van der Waals surface area (Å²) in [6.45, 7) is 3.48. The topological polar surface area (TPSA) is 85.8 Å². The fourth-order valence-corrected chi connectivity index (χ4v) is 7.44. The summed E-state index contributed by atoms with van der Waals surface area (Å²) in [7, 11) is -8.07. The van der Waals surface area contributed by atoms with Gasteiger partial charge in [0.05, 0.1) is 29.3 Å². The van der Waals surface area contributed by atoms with E-state index >= 15 is 0 Å². The smallest absolute Gasteiger partial charge is 0.308 e. The number of fused-ring (bicyclic) bond motifs is 1. The van der Waals surface area contributed by atoms with Crippen molar-refractivity contribution in [3.8, 4) is 0 Å². The van der Waals surface area contributed by atoms with Gasteiger partial charge in [0.15, 0.2) is 0 Å². The zero-order chi connectivity index (χ0) is 22.6. The number of rotatable bonds is 9. The van der Waals surface area contributed by atoms with E-state index in [1.54, 1.807) is 50.4 Å². The molecule has 3 rings (SSSR count). The van der Waals surface area contributed by atoms with Crippen LogP contribution in [-0.2, 0) is 23.6 Å². The van der Waals surface area contributed by atoms with Crippen LogP contribution < -0.4 is 4.31 Å². The number of hydrogen-bond donors (Lipinski definition) is 0. The molecule has 166 valence electrons. The number of nitrogens with zero attached hydrogens (tertiary/aromatic N) is 2. The number of pyridine rings is 1. The second kappa shape index (κ2) is 9.86. The van der Waals surface area contributed by atoms with E-state index in [-0.39, 0.29) is 33.8 Å². The van der Waals surface area contributed by atoms with Crippen LogP contribution in [0.5, 0.6) is 0 Å². The molecule has 7 nitrogen and oxygen atoms in total. The van der Waals surface area contributed by atoms with E-state index in [0.717, 1.165) is 4.31 Å². The van der Waals surface area contributed by atoms with E-state index in [1.807, 2.05) is 0 Å². The molecule has 0 saturated heterocycles. The van der Waals surface area contributed by atoms with Crippen LogP contribution in [0.2, 0.25) is 10.0 Å². The number of para-hydroxylation sites is 1. The highest BCUT2D eigenvalue weighted by Crippen LogP contribution is 2.50. The molecule has 0 aliphatic carbocycles. The lowest BCUT2D eigenvalue weighted by Gasteiger charge is -2.28. The van der Waals surface area contributed by atoms with Crippen LogP contribution in [-0.4, -0.2) is 32.9 Å². The predicted molar refractivity (Wildman–Crippen MR) is 124 cm³/mol. The normalized spacial score (nSPS) is 12.3. The van der Waals surface area contributed by atoms with Crippen LogP contribution in [0.1, 0.15) is 13.8 Å². The molecule has 1 heterocycles. The summed E-state index contributed by atoms with van der Waals surface area (Å²) in [5.41, 5.74) is 0.648. The molecule has 0 N–H and O–H groups in total. The summed E-state index contributed by atoms with van der Waals surface area (Å²) in [5, 5.41) is 1.02. The Labute approximate surface area is 191 Å². The Morgan fingerprint density at radius 2 is 1.61 bits per heavy atom. The van der Waals surface area contributed by atoms with E-state index in [2.05, 4.69) is 4.98 Å². The molecule has 0 unspecified atom stereocenters. The summed E-state index contributed by atoms with van der Waals surface area (Å²) in [6.07, 6.45) is 1.01. The maximum absolute atomic E-state index is 13.7. The van der Waals surface area contributed by atoms with Crippen LogP contribution in [0.15, 0.2) is 59.6 Å². The molecule has 2 aromatic carbocycles. The van der Waals surface area contributed by atoms with E-state index < -0.39 is 23.9 Å². The van der Waals surface area contributed by atoms with Gasteiger partial charge in [0.25, 0.3) is 10.0 Å². The van der Waals surface area contributed by atoms with Gasteiger partial charge in [-0.05, 0) is 44.2 Å². The first-order valence-electron chi connectivity index (χ1n) is 9.41. The molecule has 0 fully saturated rings. The number of benzene rings is 2. The van der Waals surface area contributed by atoms with E-state index in [4.69, 9.17) is 32.2 Å². The fraction of sp³-hybridized carbons (Fsp3) is 0.250. The van der Waals surface area contributed by atoms with Gasteiger partial charge in [-0.3, -0.25) is 13.9 Å². The maximum Gasteiger partial charge on any atom is 0.350 e. The average molecular weight is 503 g/mol. The van der Waals surface area contributed by atoms with Gasteiger partial charge >= 0.3 is 7.60 Å². The van der Waals surface area contributed by atoms with Gasteiger partial charge in [0.2, 0.25) is 0 Å². The van der Waals surface area contributed by atoms with E-state index in [0.29, 0.717) is 10.9 Å². The molecule has 0 atom stereocenters. The van der Waals surface area contributed by atoms with Crippen molar-refractivity contribution in [1.82, 2.24) is 4.98 Å². The van der Waals surface area contributed by atoms with Crippen LogP contribution in [0, 0.1) is 0 Å². The lowest BCUT2D eigenvalue weighted by atomic mass is 10.2. The minimum atomic E-state index is -4.27. The molecule has 0 aliphatic heterocycles. The number of halogens is 2. The SMILES string of the molecule is CCOP(=O)(CN(c1cccc2cccnc12)S(=O)(=O)c1cc(Cl)cc(Cl)c1)OCC. The van der Waals surface area contributed by atoms with Crippen LogP contribution in [0.3, 0.4) is 0 Å². The van der Waals surface area contributed by atoms with Crippen molar-refractivity contribution >= 4 is 57.4 Å². The molecule has 0 bridgehead atoms. The fourth-order valence-electron chi connectivity index (χ4n) is 3.05. The Kier molecular flexibility index (Phi) is 7.63. The first kappa shape index (κ1) is 24.0. The van der Waals surface area contributed by atoms with Crippen molar-refractivity contribution in [2.45, 2.75) is 18.7 Å². The average Bonchev–Trinajstić information content (AvgIpc) is 2.71. The van der Waals surface area contributed by atoms with Gasteiger partial charge in [0.1, 0.15) is 6.29 Å². The molecule has 0 spiro atoms. The third-order valence-electron chi connectivity index (χ3n) is 4.26. The number of anilines is 1. The highest BCUT2D eigenvalue weighted by molar-refractivity contribution is 7.93. The summed E-state index contributed by atoms with van der Waals surface area (Å²) < 4.78 is 52.5. The van der Waals surface area contributed by atoms with Crippen molar-refractivity contribution in [3.05, 3.63) is 64.8 Å². The Morgan fingerprint density at radius 3 is 2.23 bits per heavy atom. The van der Waals surface area contributed by atoms with Gasteiger partial charge in [-0.1, -0.05) is 41.4 Å². The minimum absolute atomic E-state index is 0.0853. The van der Waals surface area contributed by atoms with Crippen LogP contribution in [0.25, 0.3) is 10.9 Å². The summed E-state index contributed by atoms with van der Waals surface area (Å²) in [5.74, 6) is 0. The van der Waals surface area contributed by atoms with Gasteiger partial charge in [-0.2, -0.15) is 0 Å². The highest BCUT2D eigenvalue weighted by atomic mass is 35.5. The Bertz CT molecular complexity index is 1200. The second-order valence-electron chi connectivity index (χ2n) is 6.40. The molecule has 0 radical (unpaired) electrons. The second-order valence-corrected chi connectivity index (χ2v) is 11.2. The zero-order valence-electron chi connectivity index (χ0n) is 16.9. The molecular weight excluding hydrogens is 482 g/mol. The zero-order valence-corrected chi connectivity index (χ0v) is 20.1. The van der Waals surface area contributed by atoms with Gasteiger partial charge in [-0.15, -0.1) is 0 Å². The Morgan fingerprint density at radius 1 is 1.00 bits per heavy atom. The van der Waals surface area contributed by atoms with Gasteiger partial charge < -0.3 is 9.05 Å². The Balaban J connectivity index is 2.24. The largest absolute Gasteiger partial charge is 0.350 e.